The molecule has 4 nitrogen and oxygen atoms in total. The monoisotopic (exact) mass is 358 g/mol. The van der Waals surface area contributed by atoms with Crippen molar-refractivity contribution in [3.05, 3.63) is 60.2 Å². The lowest BCUT2D eigenvalue weighted by Gasteiger charge is -2.35. The zero-order chi connectivity index (χ0) is 18.1. The van der Waals surface area contributed by atoms with E-state index in [9.17, 15) is 13.2 Å². The lowest BCUT2D eigenvalue weighted by atomic mass is 10.1. The van der Waals surface area contributed by atoms with Crippen molar-refractivity contribution in [2.45, 2.75) is 6.18 Å². The maximum Gasteiger partial charge on any atom is 0.416 e. The fourth-order valence-electron chi connectivity index (χ4n) is 3.14. The van der Waals surface area contributed by atoms with Crippen LogP contribution in [0.25, 0.3) is 11.4 Å². The van der Waals surface area contributed by atoms with Crippen molar-refractivity contribution in [2.24, 2.45) is 0 Å². The van der Waals surface area contributed by atoms with Crippen LogP contribution < -0.4 is 9.80 Å². The highest BCUT2D eigenvalue weighted by Crippen LogP contribution is 2.32. The van der Waals surface area contributed by atoms with Gasteiger partial charge in [-0.1, -0.05) is 24.3 Å². The van der Waals surface area contributed by atoms with Gasteiger partial charge >= 0.3 is 6.18 Å². The standard InChI is InChI=1S/C19H17F3N4/c20-19(21,22)14-5-4-6-15(13-14)25-9-11-26(12-10-25)18-23-16-7-2-1-3-8-17(16)24-18/h1-8,13H,9-12H2. The van der Waals surface area contributed by atoms with Gasteiger partial charge in [0, 0.05) is 31.9 Å². The minimum absolute atomic E-state index is 0.597. The molecule has 0 atom stereocenters. The molecule has 1 aromatic rings. The molecule has 3 aliphatic rings. The highest BCUT2D eigenvalue weighted by molar-refractivity contribution is 5.60. The molecule has 0 spiro atoms. The summed E-state index contributed by atoms with van der Waals surface area (Å²) in [5, 5.41) is 0. The van der Waals surface area contributed by atoms with Crippen molar-refractivity contribution in [1.29, 1.82) is 0 Å². The average molecular weight is 358 g/mol. The Bertz CT molecular complexity index is 842. The highest BCUT2D eigenvalue weighted by Gasteiger charge is 2.31. The second kappa shape index (κ2) is 6.48. The van der Waals surface area contributed by atoms with E-state index in [1.165, 1.54) is 12.1 Å². The smallest absolute Gasteiger partial charge is 0.368 e. The van der Waals surface area contributed by atoms with Crippen LogP contribution in [0.5, 0.6) is 0 Å². The normalized spacial score (nSPS) is 15.5. The van der Waals surface area contributed by atoms with Crippen LogP contribution in [-0.4, -0.2) is 36.1 Å². The zero-order valence-electron chi connectivity index (χ0n) is 13.9. The van der Waals surface area contributed by atoms with Crippen molar-refractivity contribution in [2.75, 3.05) is 36.0 Å². The lowest BCUT2D eigenvalue weighted by Crippen LogP contribution is -2.47. The van der Waals surface area contributed by atoms with Gasteiger partial charge in [0.15, 0.2) is 0 Å². The summed E-state index contributed by atoms with van der Waals surface area (Å²) in [7, 11) is 0. The number of aromatic nitrogens is 2. The maximum atomic E-state index is 12.9. The fourth-order valence-corrected chi connectivity index (χ4v) is 3.14. The average Bonchev–Trinajstić information content (AvgIpc) is 2.92. The fraction of sp³-hybridized carbons (Fsp3) is 0.263. The van der Waals surface area contributed by atoms with Gasteiger partial charge in [0.1, 0.15) is 0 Å². The largest absolute Gasteiger partial charge is 0.416 e. The number of piperazine rings is 1. The van der Waals surface area contributed by atoms with E-state index in [4.69, 9.17) is 0 Å². The molecule has 134 valence electrons. The van der Waals surface area contributed by atoms with Gasteiger partial charge in [0.2, 0.25) is 5.95 Å². The molecule has 1 aliphatic carbocycles. The topological polar surface area (TPSA) is 32.3 Å². The predicted molar refractivity (Wildman–Crippen MR) is 94.5 cm³/mol. The van der Waals surface area contributed by atoms with Crippen molar-refractivity contribution in [3.63, 3.8) is 0 Å². The SMILES string of the molecule is FC(F)(F)c1cccc(N2CCN(c3nc4cccccc-4n3)CC2)c1. The molecule has 4 rings (SSSR count). The summed E-state index contributed by atoms with van der Waals surface area (Å²) in [6.07, 6.45) is -4.32. The Hall–Kier alpha value is -2.83. The van der Waals surface area contributed by atoms with E-state index >= 15 is 0 Å². The number of fused-ring (bicyclic) bond motifs is 1. The number of benzene rings is 1. The number of anilines is 2. The lowest BCUT2D eigenvalue weighted by molar-refractivity contribution is -0.137. The predicted octanol–water partition coefficient (Wildman–Crippen LogP) is 3.93. The summed E-state index contributed by atoms with van der Waals surface area (Å²) in [6, 6.07) is 15.1. The molecule has 0 N–H and O–H groups in total. The highest BCUT2D eigenvalue weighted by atomic mass is 19.4. The van der Waals surface area contributed by atoms with Gasteiger partial charge in [0.25, 0.3) is 0 Å². The van der Waals surface area contributed by atoms with Gasteiger partial charge in [-0.3, -0.25) is 0 Å². The first kappa shape index (κ1) is 16.6. The third-order valence-corrected chi connectivity index (χ3v) is 4.53. The molecule has 0 amide bonds. The van der Waals surface area contributed by atoms with Crippen LogP contribution in [0.3, 0.4) is 0 Å². The molecule has 26 heavy (non-hydrogen) atoms. The third kappa shape index (κ3) is 3.29. The number of imidazole rings is 1. The molecule has 0 unspecified atom stereocenters. The Morgan fingerprint density at radius 1 is 0.731 bits per heavy atom. The number of rotatable bonds is 2. The molecule has 1 aromatic carbocycles. The van der Waals surface area contributed by atoms with Gasteiger partial charge in [-0.2, -0.15) is 13.2 Å². The second-order valence-electron chi connectivity index (χ2n) is 6.23. The molecule has 7 heteroatoms. The summed E-state index contributed by atoms with van der Waals surface area (Å²) in [5.41, 5.74) is 1.66. The molecule has 1 saturated heterocycles. The molecule has 1 fully saturated rings. The van der Waals surface area contributed by atoms with Gasteiger partial charge in [-0.25, -0.2) is 9.97 Å². The van der Waals surface area contributed by atoms with Gasteiger partial charge in [0.05, 0.1) is 17.0 Å². The Morgan fingerprint density at radius 3 is 1.96 bits per heavy atom. The van der Waals surface area contributed by atoms with E-state index in [2.05, 4.69) is 14.9 Å². The van der Waals surface area contributed by atoms with Crippen molar-refractivity contribution in [1.82, 2.24) is 9.97 Å². The molecule has 2 aliphatic heterocycles. The quantitative estimate of drug-likeness (QED) is 0.695. The van der Waals surface area contributed by atoms with Crippen LogP contribution in [0, 0.1) is 0 Å². The first-order valence-electron chi connectivity index (χ1n) is 8.41. The van der Waals surface area contributed by atoms with E-state index in [-0.39, 0.29) is 0 Å². The summed E-state index contributed by atoms with van der Waals surface area (Å²) in [4.78, 5) is 13.2. The summed E-state index contributed by atoms with van der Waals surface area (Å²) in [5.74, 6) is 0.676. The number of hydrogen-bond acceptors (Lipinski definition) is 4. The number of nitrogens with zero attached hydrogens (tertiary/aromatic N) is 4. The second-order valence-corrected chi connectivity index (χ2v) is 6.23. The molecule has 0 saturated carbocycles. The minimum atomic E-state index is -4.32. The summed E-state index contributed by atoms with van der Waals surface area (Å²) < 4.78 is 38.7. The van der Waals surface area contributed by atoms with Crippen molar-refractivity contribution >= 4 is 11.6 Å². The van der Waals surface area contributed by atoms with Crippen LogP contribution in [0.2, 0.25) is 0 Å². The van der Waals surface area contributed by atoms with E-state index in [1.807, 2.05) is 35.2 Å². The zero-order valence-corrected chi connectivity index (χ0v) is 13.9. The molecule has 0 radical (unpaired) electrons. The first-order chi connectivity index (χ1) is 12.5. The number of hydrogen-bond donors (Lipinski definition) is 0. The van der Waals surface area contributed by atoms with Crippen LogP contribution in [0.1, 0.15) is 5.56 Å². The summed E-state index contributed by atoms with van der Waals surface area (Å²) >= 11 is 0. The number of alkyl halides is 3. The van der Waals surface area contributed by atoms with Crippen molar-refractivity contribution in [3.8, 4) is 11.4 Å². The molecule has 0 aromatic heterocycles. The Kier molecular flexibility index (Phi) is 4.14. The Balaban J connectivity index is 1.48. The van der Waals surface area contributed by atoms with E-state index in [1.54, 1.807) is 6.07 Å². The Morgan fingerprint density at radius 2 is 1.35 bits per heavy atom. The first-order valence-corrected chi connectivity index (χ1v) is 8.41. The summed E-state index contributed by atoms with van der Waals surface area (Å²) in [6.45, 7) is 2.58. The van der Waals surface area contributed by atoms with Crippen LogP contribution in [-0.2, 0) is 6.18 Å². The Labute approximate surface area is 149 Å². The number of halogens is 3. The van der Waals surface area contributed by atoms with Gasteiger partial charge < -0.3 is 9.80 Å². The van der Waals surface area contributed by atoms with Crippen molar-refractivity contribution < 1.29 is 13.2 Å². The maximum absolute atomic E-state index is 12.9. The minimum Gasteiger partial charge on any atom is -0.368 e. The van der Waals surface area contributed by atoms with E-state index in [0.29, 0.717) is 37.8 Å². The van der Waals surface area contributed by atoms with Gasteiger partial charge in [-0.05, 0) is 30.3 Å². The molecular formula is C19H17F3N4. The van der Waals surface area contributed by atoms with E-state index in [0.717, 1.165) is 17.5 Å². The molecule has 2 heterocycles. The molecule has 0 bridgehead atoms. The van der Waals surface area contributed by atoms with Gasteiger partial charge in [-0.15, -0.1) is 0 Å². The van der Waals surface area contributed by atoms with Crippen LogP contribution in [0.4, 0.5) is 24.8 Å². The third-order valence-electron chi connectivity index (χ3n) is 4.53. The van der Waals surface area contributed by atoms with Crippen LogP contribution >= 0.6 is 0 Å². The molecular weight excluding hydrogens is 341 g/mol. The van der Waals surface area contributed by atoms with Crippen LogP contribution in [0.15, 0.2) is 54.6 Å². The van der Waals surface area contributed by atoms with E-state index < -0.39 is 11.7 Å².